The molecule has 0 aromatic heterocycles. The van der Waals surface area contributed by atoms with E-state index in [9.17, 15) is 0 Å². The zero-order valence-electron chi connectivity index (χ0n) is 14.5. The lowest BCUT2D eigenvalue weighted by Crippen LogP contribution is -2.05. The Bertz CT molecular complexity index is 931. The van der Waals surface area contributed by atoms with Gasteiger partial charge in [-0.3, -0.25) is 0 Å². The quantitative estimate of drug-likeness (QED) is 0.298. The van der Waals surface area contributed by atoms with Crippen LogP contribution in [0.3, 0.4) is 0 Å². The van der Waals surface area contributed by atoms with Crippen LogP contribution in [-0.4, -0.2) is 11.4 Å². The van der Waals surface area contributed by atoms with Gasteiger partial charge in [0.05, 0.1) is 10.7 Å². The molecule has 0 bridgehead atoms. The van der Waals surface area contributed by atoms with Crippen molar-refractivity contribution in [2.45, 2.75) is 5.75 Å². The van der Waals surface area contributed by atoms with Crippen LogP contribution >= 0.6 is 27.7 Å². The first kappa shape index (κ1) is 19.2. The van der Waals surface area contributed by atoms with Gasteiger partial charge in [-0.2, -0.15) is 5.10 Å². The smallest absolute Gasteiger partial charge is 0.180 e. The summed E-state index contributed by atoms with van der Waals surface area (Å²) in [6.45, 7) is 0. The van der Waals surface area contributed by atoms with Gasteiger partial charge in [0.1, 0.15) is 11.5 Å². The van der Waals surface area contributed by atoms with Crippen LogP contribution in [0.1, 0.15) is 11.1 Å². The van der Waals surface area contributed by atoms with Crippen molar-refractivity contribution < 1.29 is 4.74 Å². The number of amidine groups is 1. The second kappa shape index (κ2) is 9.94. The summed E-state index contributed by atoms with van der Waals surface area (Å²) >= 11 is 4.98. The van der Waals surface area contributed by atoms with Gasteiger partial charge < -0.3 is 10.5 Å². The fourth-order valence-electron chi connectivity index (χ4n) is 2.21. The highest BCUT2D eigenvalue weighted by atomic mass is 79.9. The van der Waals surface area contributed by atoms with Crippen LogP contribution in [0.25, 0.3) is 0 Å². The largest absolute Gasteiger partial charge is 0.456 e. The van der Waals surface area contributed by atoms with Gasteiger partial charge in [0, 0.05) is 5.75 Å². The zero-order valence-corrected chi connectivity index (χ0v) is 16.9. The molecule has 0 unspecified atom stereocenters. The number of nitrogens with two attached hydrogens (primary N) is 1. The predicted octanol–water partition coefficient (Wildman–Crippen LogP) is 5.82. The first-order valence-corrected chi connectivity index (χ1v) is 10.0. The highest BCUT2D eigenvalue weighted by molar-refractivity contribution is 9.10. The van der Waals surface area contributed by atoms with Crippen LogP contribution in [0.5, 0.6) is 11.5 Å². The summed E-state index contributed by atoms with van der Waals surface area (Å²) in [5.74, 6) is 2.29. The lowest BCUT2D eigenvalue weighted by atomic mass is 10.2. The van der Waals surface area contributed by atoms with Crippen molar-refractivity contribution in [3.63, 3.8) is 0 Å². The zero-order chi connectivity index (χ0) is 18.9. The molecular weight excluding hydrogens is 422 g/mol. The Balaban J connectivity index is 1.57. The van der Waals surface area contributed by atoms with E-state index in [1.54, 1.807) is 6.21 Å². The first-order valence-electron chi connectivity index (χ1n) is 8.26. The van der Waals surface area contributed by atoms with Crippen molar-refractivity contribution >= 4 is 39.1 Å². The van der Waals surface area contributed by atoms with Gasteiger partial charge in [0.25, 0.3) is 0 Å². The Morgan fingerprint density at radius 2 is 1.70 bits per heavy atom. The minimum Gasteiger partial charge on any atom is -0.456 e. The number of para-hydroxylation sites is 1. The molecule has 0 aliphatic rings. The molecule has 0 fully saturated rings. The third-order valence-corrected chi connectivity index (χ3v) is 4.99. The Hall–Kier alpha value is -2.57. The van der Waals surface area contributed by atoms with E-state index in [0.717, 1.165) is 27.3 Å². The van der Waals surface area contributed by atoms with Gasteiger partial charge in [0.2, 0.25) is 0 Å². The molecule has 0 spiro atoms. The number of rotatable bonds is 6. The molecule has 27 heavy (non-hydrogen) atoms. The van der Waals surface area contributed by atoms with Crippen LogP contribution < -0.4 is 10.5 Å². The summed E-state index contributed by atoms with van der Waals surface area (Å²) in [6, 6.07) is 25.5. The van der Waals surface area contributed by atoms with E-state index in [0.29, 0.717) is 5.17 Å². The number of benzene rings is 3. The maximum absolute atomic E-state index is 5.90. The molecule has 0 aliphatic carbocycles. The van der Waals surface area contributed by atoms with Crippen LogP contribution in [0.15, 0.2) is 93.5 Å². The number of ether oxygens (including phenoxy) is 1. The van der Waals surface area contributed by atoms with Crippen molar-refractivity contribution in [3.05, 3.63) is 94.5 Å². The lowest BCUT2D eigenvalue weighted by molar-refractivity contribution is 0.479. The van der Waals surface area contributed by atoms with E-state index >= 15 is 0 Å². The van der Waals surface area contributed by atoms with Crippen molar-refractivity contribution in [1.82, 2.24) is 0 Å². The SMILES string of the molecule is NC(=NN=Cc1ccc(Oc2ccccc2)c(Br)c1)SCc1ccccc1. The van der Waals surface area contributed by atoms with E-state index in [-0.39, 0.29) is 0 Å². The molecule has 0 atom stereocenters. The third kappa shape index (κ3) is 6.27. The summed E-state index contributed by atoms with van der Waals surface area (Å²) in [6.07, 6.45) is 1.66. The molecule has 4 nitrogen and oxygen atoms in total. The molecule has 0 saturated heterocycles. The van der Waals surface area contributed by atoms with Crippen molar-refractivity contribution in [1.29, 1.82) is 0 Å². The molecule has 0 radical (unpaired) electrons. The third-order valence-electron chi connectivity index (χ3n) is 3.52. The Labute approximate surface area is 171 Å². The fourth-order valence-corrected chi connectivity index (χ4v) is 3.30. The number of halogens is 1. The van der Waals surface area contributed by atoms with Gasteiger partial charge in [-0.1, -0.05) is 60.3 Å². The van der Waals surface area contributed by atoms with E-state index in [1.165, 1.54) is 17.3 Å². The molecule has 3 aromatic rings. The van der Waals surface area contributed by atoms with Crippen molar-refractivity contribution in [2.24, 2.45) is 15.9 Å². The molecule has 0 amide bonds. The van der Waals surface area contributed by atoms with Crippen LogP contribution in [0.2, 0.25) is 0 Å². The normalized spacial score (nSPS) is 11.7. The molecule has 2 N–H and O–H groups in total. The van der Waals surface area contributed by atoms with Gasteiger partial charge >= 0.3 is 0 Å². The summed E-state index contributed by atoms with van der Waals surface area (Å²) in [5, 5.41) is 8.53. The Morgan fingerprint density at radius 3 is 2.41 bits per heavy atom. The standard InChI is InChI=1S/C21H18BrN3OS/c22-19-13-17(11-12-20(19)26-18-9-5-2-6-10-18)14-24-25-21(23)27-15-16-7-3-1-4-8-16/h1-14H,15H2,(H2,23,25). The fraction of sp³-hybridized carbons (Fsp3) is 0.0476. The average molecular weight is 440 g/mol. The molecule has 3 aromatic carbocycles. The molecule has 0 aliphatic heterocycles. The number of hydrogen-bond donors (Lipinski definition) is 1. The van der Waals surface area contributed by atoms with Crippen LogP contribution in [0.4, 0.5) is 0 Å². The summed E-state index contributed by atoms with van der Waals surface area (Å²) in [5.41, 5.74) is 7.99. The second-order valence-corrected chi connectivity index (χ2v) is 7.41. The predicted molar refractivity (Wildman–Crippen MR) is 118 cm³/mol. The maximum Gasteiger partial charge on any atom is 0.180 e. The highest BCUT2D eigenvalue weighted by Crippen LogP contribution is 2.30. The molecular formula is C21H18BrN3OS. The van der Waals surface area contributed by atoms with Gasteiger partial charge in [-0.25, -0.2) is 0 Å². The maximum atomic E-state index is 5.90. The van der Waals surface area contributed by atoms with Crippen LogP contribution in [-0.2, 0) is 5.75 Å². The Morgan fingerprint density at radius 1 is 1.00 bits per heavy atom. The van der Waals surface area contributed by atoms with Gasteiger partial charge in [-0.05, 0) is 57.4 Å². The van der Waals surface area contributed by atoms with Crippen LogP contribution in [0, 0.1) is 0 Å². The van der Waals surface area contributed by atoms with E-state index < -0.39 is 0 Å². The average Bonchev–Trinajstić information content (AvgIpc) is 2.70. The monoisotopic (exact) mass is 439 g/mol. The summed E-state index contributed by atoms with van der Waals surface area (Å²) in [4.78, 5) is 0. The van der Waals surface area contributed by atoms with Gasteiger partial charge in [-0.15, -0.1) is 5.10 Å². The number of thioether (sulfide) groups is 1. The molecule has 3 rings (SSSR count). The first-order chi connectivity index (χ1) is 13.2. The summed E-state index contributed by atoms with van der Waals surface area (Å²) < 4.78 is 6.68. The van der Waals surface area contributed by atoms with Crippen molar-refractivity contribution in [2.75, 3.05) is 0 Å². The molecule has 0 heterocycles. The van der Waals surface area contributed by atoms with E-state index in [2.05, 4.69) is 38.3 Å². The minimum atomic E-state index is 0.429. The Kier molecular flexibility index (Phi) is 7.07. The van der Waals surface area contributed by atoms with Crippen molar-refractivity contribution in [3.8, 4) is 11.5 Å². The molecule has 6 heteroatoms. The van der Waals surface area contributed by atoms with Gasteiger partial charge in [0.15, 0.2) is 5.17 Å². The second-order valence-electron chi connectivity index (χ2n) is 5.56. The lowest BCUT2D eigenvalue weighted by Gasteiger charge is -2.07. The number of nitrogens with zero attached hydrogens (tertiary/aromatic N) is 2. The van der Waals surface area contributed by atoms with E-state index in [4.69, 9.17) is 10.5 Å². The summed E-state index contributed by atoms with van der Waals surface area (Å²) in [7, 11) is 0. The molecule has 136 valence electrons. The molecule has 0 saturated carbocycles. The topological polar surface area (TPSA) is 60.0 Å². The highest BCUT2D eigenvalue weighted by Gasteiger charge is 2.03. The number of hydrogen-bond acceptors (Lipinski definition) is 4. The van der Waals surface area contributed by atoms with E-state index in [1.807, 2.05) is 66.7 Å². The minimum absolute atomic E-state index is 0.429.